The molecular weight excluding hydrogens is 451 g/mol. The Morgan fingerprint density at radius 3 is 2.31 bits per heavy atom. The summed E-state index contributed by atoms with van der Waals surface area (Å²) in [6, 6.07) is 6.02. The molecule has 0 radical (unpaired) electrons. The predicted octanol–water partition coefficient (Wildman–Crippen LogP) is 3.87. The number of aromatic nitrogens is 3. The van der Waals surface area contributed by atoms with Gasteiger partial charge < -0.3 is 23.8 Å². The van der Waals surface area contributed by atoms with Gasteiger partial charge in [0.25, 0.3) is 17.0 Å². The summed E-state index contributed by atoms with van der Waals surface area (Å²) < 4.78 is 22.8. The molecule has 9 heteroatoms. The fraction of sp³-hybridized carbons (Fsp3) is 0.269. The van der Waals surface area contributed by atoms with Gasteiger partial charge in [0.2, 0.25) is 0 Å². The van der Waals surface area contributed by atoms with Crippen molar-refractivity contribution < 1.29 is 13.9 Å². The number of H-pyrrole nitrogens is 1. The molecule has 0 aliphatic heterocycles. The summed E-state index contributed by atoms with van der Waals surface area (Å²) in [5.41, 5.74) is 1.89. The second kappa shape index (κ2) is 8.90. The van der Waals surface area contributed by atoms with E-state index < -0.39 is 11.4 Å². The number of amides is 1. The molecule has 3 heterocycles. The maximum atomic E-state index is 13.9. The summed E-state index contributed by atoms with van der Waals surface area (Å²) >= 11 is 0. The number of aryl methyl sites for hydroxylation is 4. The third-order valence-corrected chi connectivity index (χ3v) is 6.16. The van der Waals surface area contributed by atoms with Crippen molar-refractivity contribution in [2.24, 2.45) is 14.1 Å². The predicted molar refractivity (Wildman–Crippen MR) is 133 cm³/mol. The van der Waals surface area contributed by atoms with Gasteiger partial charge in [-0.1, -0.05) is 0 Å². The highest BCUT2D eigenvalue weighted by atomic mass is 19.1. The van der Waals surface area contributed by atoms with Gasteiger partial charge in [0, 0.05) is 56.6 Å². The smallest absolute Gasteiger partial charge is 0.293 e. The number of ether oxygens (including phenoxy) is 1. The number of fused-ring (bicyclic) bond motifs is 1. The molecule has 0 fully saturated rings. The van der Waals surface area contributed by atoms with Gasteiger partial charge in [-0.25, -0.2) is 4.39 Å². The molecule has 0 spiro atoms. The lowest BCUT2D eigenvalue weighted by molar-refractivity contribution is 0.0797. The zero-order valence-electron chi connectivity index (χ0n) is 20.5. The van der Waals surface area contributed by atoms with Crippen LogP contribution in [0.2, 0.25) is 0 Å². The molecule has 0 aliphatic carbocycles. The van der Waals surface area contributed by atoms with Crippen LogP contribution in [0.3, 0.4) is 0 Å². The molecule has 0 bridgehead atoms. The summed E-state index contributed by atoms with van der Waals surface area (Å²) in [7, 11) is 4.88. The summed E-state index contributed by atoms with van der Waals surface area (Å²) in [6.45, 7) is 5.77. The first-order chi connectivity index (χ1) is 16.5. The van der Waals surface area contributed by atoms with Crippen molar-refractivity contribution in [1.82, 2.24) is 19.0 Å². The normalized spacial score (nSPS) is 11.2. The Kier molecular flexibility index (Phi) is 6.10. The Hall–Kier alpha value is -4.14. The van der Waals surface area contributed by atoms with Gasteiger partial charge in [0.15, 0.2) is 5.75 Å². The highest BCUT2D eigenvalue weighted by Gasteiger charge is 2.22. The summed E-state index contributed by atoms with van der Waals surface area (Å²) in [6.07, 6.45) is 3.22. The van der Waals surface area contributed by atoms with Crippen LogP contribution >= 0.6 is 0 Å². The molecule has 4 rings (SSSR count). The number of nitrogens with one attached hydrogen (secondary N) is 1. The summed E-state index contributed by atoms with van der Waals surface area (Å²) in [4.78, 5) is 43.4. The molecule has 0 saturated heterocycles. The molecule has 8 nitrogen and oxygen atoms in total. The molecular formula is C26H27FN4O4. The number of benzene rings is 1. The SMILES string of the molecule is CCN(C)C(=O)c1cc2c(-c3ccn(C)c(=O)c3Oc3c(C)cc(F)cc3C)cn(C)c(=O)c2[nH]1. The quantitative estimate of drug-likeness (QED) is 0.472. The van der Waals surface area contributed by atoms with Crippen molar-refractivity contribution in [2.75, 3.05) is 13.6 Å². The molecule has 0 unspecified atom stereocenters. The van der Waals surface area contributed by atoms with Crippen LogP contribution in [0.5, 0.6) is 11.5 Å². The first-order valence-corrected chi connectivity index (χ1v) is 11.2. The topological polar surface area (TPSA) is 89.3 Å². The van der Waals surface area contributed by atoms with Gasteiger partial charge in [0.05, 0.1) is 0 Å². The number of hydrogen-bond donors (Lipinski definition) is 1. The molecule has 0 aliphatic rings. The van der Waals surface area contributed by atoms with E-state index in [1.807, 2.05) is 6.92 Å². The third-order valence-electron chi connectivity index (χ3n) is 6.16. The molecule has 4 aromatic rings. The lowest BCUT2D eigenvalue weighted by Gasteiger charge is -2.16. The van der Waals surface area contributed by atoms with E-state index in [1.165, 1.54) is 26.2 Å². The van der Waals surface area contributed by atoms with E-state index in [0.29, 0.717) is 39.9 Å². The first kappa shape index (κ1) is 24.0. The number of carbonyl (C=O) groups excluding carboxylic acids is 1. The minimum absolute atomic E-state index is 0.0347. The molecule has 35 heavy (non-hydrogen) atoms. The monoisotopic (exact) mass is 478 g/mol. The highest BCUT2D eigenvalue weighted by molar-refractivity contribution is 6.03. The maximum Gasteiger partial charge on any atom is 0.293 e. The largest absolute Gasteiger partial charge is 0.450 e. The van der Waals surface area contributed by atoms with E-state index in [4.69, 9.17) is 4.74 Å². The van der Waals surface area contributed by atoms with Crippen LogP contribution in [0.15, 0.2) is 46.2 Å². The maximum absolute atomic E-state index is 13.9. The van der Waals surface area contributed by atoms with E-state index >= 15 is 0 Å². The van der Waals surface area contributed by atoms with E-state index in [0.717, 1.165) is 0 Å². The minimum Gasteiger partial charge on any atom is -0.450 e. The fourth-order valence-electron chi connectivity index (χ4n) is 4.09. The zero-order valence-corrected chi connectivity index (χ0v) is 20.5. The van der Waals surface area contributed by atoms with Gasteiger partial charge in [-0.2, -0.15) is 0 Å². The number of aromatic amines is 1. The fourth-order valence-corrected chi connectivity index (χ4v) is 4.09. The second-order valence-corrected chi connectivity index (χ2v) is 8.70. The Morgan fingerprint density at radius 2 is 1.69 bits per heavy atom. The standard InChI is InChI=1S/C26H27FN4O4/c1-7-29(4)24(32)20-12-18-19(13-31(6)25(33)21(18)28-20)17-8-9-30(5)26(34)23(17)35-22-14(2)10-16(27)11-15(22)3/h8-13,28H,7H2,1-6H3. The Bertz CT molecular complexity index is 1570. The average molecular weight is 479 g/mol. The van der Waals surface area contributed by atoms with E-state index in [1.54, 1.807) is 59.5 Å². The van der Waals surface area contributed by atoms with Crippen LogP contribution in [0, 0.1) is 19.7 Å². The van der Waals surface area contributed by atoms with Crippen LogP contribution < -0.4 is 15.9 Å². The van der Waals surface area contributed by atoms with Crippen LogP contribution in [0.1, 0.15) is 28.5 Å². The summed E-state index contributed by atoms with van der Waals surface area (Å²) in [5, 5.41) is 0.492. The molecule has 0 saturated carbocycles. The van der Waals surface area contributed by atoms with E-state index in [-0.39, 0.29) is 28.4 Å². The first-order valence-electron chi connectivity index (χ1n) is 11.2. The van der Waals surface area contributed by atoms with Crippen molar-refractivity contribution >= 4 is 16.8 Å². The number of nitrogens with zero attached hydrogens (tertiary/aromatic N) is 3. The number of rotatable bonds is 5. The lowest BCUT2D eigenvalue weighted by Crippen LogP contribution is -2.26. The van der Waals surface area contributed by atoms with Crippen molar-refractivity contribution in [3.63, 3.8) is 0 Å². The Balaban J connectivity index is 1.99. The molecule has 0 atom stereocenters. The highest BCUT2D eigenvalue weighted by Crippen LogP contribution is 2.36. The molecule has 1 amide bonds. The Morgan fingerprint density at radius 1 is 1.03 bits per heavy atom. The minimum atomic E-state index is -0.398. The number of halogens is 1. The van der Waals surface area contributed by atoms with E-state index in [9.17, 15) is 18.8 Å². The molecule has 3 aromatic heterocycles. The number of carbonyl (C=O) groups is 1. The van der Waals surface area contributed by atoms with Crippen molar-refractivity contribution in [1.29, 1.82) is 0 Å². The zero-order chi connectivity index (χ0) is 25.6. The van der Waals surface area contributed by atoms with Crippen molar-refractivity contribution in [3.8, 4) is 22.6 Å². The van der Waals surface area contributed by atoms with Gasteiger partial charge in [-0.05, 0) is 56.2 Å². The van der Waals surface area contributed by atoms with Crippen LogP contribution in [-0.2, 0) is 14.1 Å². The molecule has 1 N–H and O–H groups in total. The van der Waals surface area contributed by atoms with Crippen LogP contribution in [-0.4, -0.2) is 38.5 Å². The third kappa shape index (κ3) is 4.14. The van der Waals surface area contributed by atoms with Crippen LogP contribution in [0.4, 0.5) is 4.39 Å². The van der Waals surface area contributed by atoms with Gasteiger partial charge in [0.1, 0.15) is 22.8 Å². The summed E-state index contributed by atoms with van der Waals surface area (Å²) in [5.74, 6) is -0.233. The van der Waals surface area contributed by atoms with Crippen LogP contribution in [0.25, 0.3) is 22.0 Å². The van der Waals surface area contributed by atoms with Crippen molar-refractivity contribution in [2.45, 2.75) is 20.8 Å². The number of pyridine rings is 2. The number of hydrogen-bond acceptors (Lipinski definition) is 4. The van der Waals surface area contributed by atoms with Gasteiger partial charge in [-0.3, -0.25) is 14.4 Å². The van der Waals surface area contributed by atoms with Crippen molar-refractivity contribution in [3.05, 3.63) is 80.0 Å². The molecule has 182 valence electrons. The van der Waals surface area contributed by atoms with Gasteiger partial charge >= 0.3 is 0 Å². The average Bonchev–Trinajstić information content (AvgIpc) is 3.26. The second-order valence-electron chi connectivity index (χ2n) is 8.70. The Labute approximate surface area is 201 Å². The van der Waals surface area contributed by atoms with Gasteiger partial charge in [-0.15, -0.1) is 0 Å². The van der Waals surface area contributed by atoms with E-state index in [2.05, 4.69) is 4.98 Å². The molecule has 1 aromatic carbocycles. The lowest BCUT2D eigenvalue weighted by atomic mass is 10.0.